The van der Waals surface area contributed by atoms with Crippen molar-refractivity contribution in [2.24, 2.45) is 7.05 Å². The summed E-state index contributed by atoms with van der Waals surface area (Å²) in [4.78, 5) is 36.3. The largest absolute Gasteiger partial charge is 0.496 e. The number of benzene rings is 2. The normalized spacial score (nSPS) is 11.9. The third-order valence-electron chi connectivity index (χ3n) is 5.01. The molecule has 4 aromatic rings. The maximum absolute atomic E-state index is 12.7. The lowest BCUT2D eigenvalue weighted by Gasteiger charge is -2.21. The van der Waals surface area contributed by atoms with Crippen LogP contribution in [0, 0.1) is 0 Å². The van der Waals surface area contributed by atoms with Crippen LogP contribution in [0.3, 0.4) is 0 Å². The number of nitrogens with one attached hydrogen (secondary N) is 2. The zero-order valence-corrected chi connectivity index (χ0v) is 17.7. The Bertz CT molecular complexity index is 1300. The van der Waals surface area contributed by atoms with Crippen LogP contribution in [0.15, 0.2) is 65.7 Å². The number of H-pyrrole nitrogens is 1. The first-order chi connectivity index (χ1) is 15.6. The molecule has 0 saturated heterocycles. The first-order valence-corrected chi connectivity index (χ1v) is 10.0. The molecule has 0 fully saturated rings. The summed E-state index contributed by atoms with van der Waals surface area (Å²) in [5.41, 5.74) is 1.10. The molecule has 2 aromatic carbocycles. The Morgan fingerprint density at radius 3 is 2.75 bits per heavy atom. The highest BCUT2D eigenvalue weighted by molar-refractivity contribution is 5.78. The Morgan fingerprint density at radius 1 is 1.19 bits per heavy atom. The van der Waals surface area contributed by atoms with Crippen molar-refractivity contribution in [2.75, 3.05) is 13.7 Å². The average Bonchev–Trinajstić information content (AvgIpc) is 3.23. The molecule has 0 saturated carbocycles. The predicted octanol–water partition coefficient (Wildman–Crippen LogP) is 2.09. The van der Waals surface area contributed by atoms with E-state index in [2.05, 4.69) is 20.3 Å². The highest BCUT2D eigenvalue weighted by atomic mass is 16.5. The Hall–Kier alpha value is -3.98. The number of para-hydroxylation sites is 2. The van der Waals surface area contributed by atoms with Crippen molar-refractivity contribution in [1.82, 2.24) is 24.8 Å². The fourth-order valence-electron chi connectivity index (χ4n) is 3.49. The van der Waals surface area contributed by atoms with Crippen LogP contribution in [0.1, 0.15) is 23.3 Å². The molecule has 32 heavy (non-hydrogen) atoms. The molecule has 2 aromatic heterocycles. The van der Waals surface area contributed by atoms with E-state index in [0.717, 1.165) is 5.56 Å². The third kappa shape index (κ3) is 4.52. The minimum Gasteiger partial charge on any atom is -0.496 e. The van der Waals surface area contributed by atoms with Gasteiger partial charge in [0.2, 0.25) is 5.91 Å². The van der Waals surface area contributed by atoms with Crippen LogP contribution in [-0.2, 0) is 23.2 Å². The van der Waals surface area contributed by atoms with Crippen LogP contribution >= 0.6 is 0 Å². The smallest absolute Gasteiger partial charge is 0.258 e. The van der Waals surface area contributed by atoms with Crippen LogP contribution in [0.2, 0.25) is 0 Å². The molecular weight excluding hydrogens is 410 g/mol. The van der Waals surface area contributed by atoms with Gasteiger partial charge in [-0.05, 0) is 18.2 Å². The van der Waals surface area contributed by atoms with Gasteiger partial charge in [-0.15, -0.1) is 0 Å². The number of fused-ring (bicyclic) bond motifs is 1. The van der Waals surface area contributed by atoms with Crippen molar-refractivity contribution in [2.45, 2.75) is 12.6 Å². The van der Waals surface area contributed by atoms with Crippen molar-refractivity contribution in [3.8, 4) is 5.75 Å². The number of hydrogen-bond donors (Lipinski definition) is 2. The second-order valence-corrected chi connectivity index (χ2v) is 7.16. The zero-order valence-electron chi connectivity index (χ0n) is 17.7. The maximum atomic E-state index is 12.7. The monoisotopic (exact) mass is 433 g/mol. The number of imidazole rings is 1. The molecule has 2 N–H and O–H groups in total. The highest BCUT2D eigenvalue weighted by Gasteiger charge is 2.23. The summed E-state index contributed by atoms with van der Waals surface area (Å²) in [5, 5.41) is 3.46. The van der Waals surface area contributed by atoms with Gasteiger partial charge in [0.1, 0.15) is 36.7 Å². The molecule has 2 heterocycles. The summed E-state index contributed by atoms with van der Waals surface area (Å²) in [6.07, 6.45) is 3.48. The number of carbonyl (C=O) groups excluding carboxylic acids is 1. The number of amides is 1. The Labute approximate surface area is 184 Å². The van der Waals surface area contributed by atoms with Gasteiger partial charge in [-0.1, -0.05) is 30.3 Å². The van der Waals surface area contributed by atoms with Gasteiger partial charge in [-0.2, -0.15) is 0 Å². The molecule has 164 valence electrons. The Morgan fingerprint density at radius 2 is 1.97 bits per heavy atom. The van der Waals surface area contributed by atoms with E-state index in [1.807, 2.05) is 48.1 Å². The standard InChI is InChI=1S/C23H23N5O4/c1-28-12-11-24-22(28)21(16-8-4-6-10-18(16)31-2)27-20(29)14-32-13-19-25-17-9-5-3-7-15(17)23(30)26-19/h3-12,21H,13-14H2,1-2H3,(H,27,29)(H,25,26,30). The second-order valence-electron chi connectivity index (χ2n) is 7.16. The van der Waals surface area contributed by atoms with Gasteiger partial charge in [-0.25, -0.2) is 9.97 Å². The third-order valence-corrected chi connectivity index (χ3v) is 5.01. The Kier molecular flexibility index (Phi) is 6.27. The fraction of sp³-hybridized carbons (Fsp3) is 0.217. The molecule has 0 spiro atoms. The fourth-order valence-corrected chi connectivity index (χ4v) is 3.49. The van der Waals surface area contributed by atoms with Crippen LogP contribution in [0.25, 0.3) is 10.9 Å². The van der Waals surface area contributed by atoms with Gasteiger partial charge in [0.25, 0.3) is 5.56 Å². The van der Waals surface area contributed by atoms with E-state index in [4.69, 9.17) is 9.47 Å². The van der Waals surface area contributed by atoms with Crippen molar-refractivity contribution in [1.29, 1.82) is 0 Å². The molecule has 4 rings (SSSR count). The number of rotatable bonds is 8. The lowest BCUT2D eigenvalue weighted by Crippen LogP contribution is -2.34. The Balaban J connectivity index is 1.46. The van der Waals surface area contributed by atoms with E-state index in [9.17, 15) is 9.59 Å². The first-order valence-electron chi connectivity index (χ1n) is 10.0. The topological polar surface area (TPSA) is 111 Å². The van der Waals surface area contributed by atoms with E-state index in [-0.39, 0.29) is 24.7 Å². The van der Waals surface area contributed by atoms with Gasteiger partial charge in [-0.3, -0.25) is 9.59 Å². The summed E-state index contributed by atoms with van der Waals surface area (Å²) in [6.45, 7) is -0.220. The van der Waals surface area contributed by atoms with Crippen molar-refractivity contribution in [3.63, 3.8) is 0 Å². The summed E-state index contributed by atoms with van der Waals surface area (Å²) in [5.74, 6) is 1.31. The summed E-state index contributed by atoms with van der Waals surface area (Å²) >= 11 is 0. The van der Waals surface area contributed by atoms with Crippen LogP contribution in [0.5, 0.6) is 5.75 Å². The van der Waals surface area contributed by atoms with Crippen LogP contribution < -0.4 is 15.6 Å². The number of hydrogen-bond acceptors (Lipinski definition) is 6. The molecular formula is C23H23N5O4. The molecule has 0 aliphatic heterocycles. The number of aryl methyl sites for hydroxylation is 1. The van der Waals surface area contributed by atoms with Gasteiger partial charge in [0, 0.05) is 25.0 Å². The molecule has 1 atom stereocenters. The lowest BCUT2D eigenvalue weighted by molar-refractivity contribution is -0.126. The van der Waals surface area contributed by atoms with Crippen molar-refractivity contribution in [3.05, 3.63) is 88.5 Å². The van der Waals surface area contributed by atoms with E-state index >= 15 is 0 Å². The lowest BCUT2D eigenvalue weighted by atomic mass is 10.0. The first kappa shape index (κ1) is 21.3. The number of aromatic amines is 1. The molecule has 0 bridgehead atoms. The van der Waals surface area contributed by atoms with Crippen molar-refractivity contribution >= 4 is 16.8 Å². The van der Waals surface area contributed by atoms with Gasteiger partial charge >= 0.3 is 0 Å². The number of ether oxygens (including phenoxy) is 2. The van der Waals surface area contributed by atoms with Crippen molar-refractivity contribution < 1.29 is 14.3 Å². The van der Waals surface area contributed by atoms with Gasteiger partial charge in [0.15, 0.2) is 0 Å². The molecule has 0 aliphatic carbocycles. The summed E-state index contributed by atoms with van der Waals surface area (Å²) < 4.78 is 12.8. The SMILES string of the molecule is COc1ccccc1C(NC(=O)COCc1nc2ccccc2c(=O)[nH]1)c1nccn1C. The number of aromatic nitrogens is 4. The van der Waals surface area contributed by atoms with E-state index in [0.29, 0.717) is 28.3 Å². The number of nitrogens with zero attached hydrogens (tertiary/aromatic N) is 3. The highest BCUT2D eigenvalue weighted by Crippen LogP contribution is 2.28. The molecule has 1 unspecified atom stereocenters. The van der Waals surface area contributed by atoms with E-state index < -0.39 is 6.04 Å². The van der Waals surface area contributed by atoms with Gasteiger partial charge < -0.3 is 24.3 Å². The minimum atomic E-state index is -0.527. The molecule has 9 heteroatoms. The molecule has 0 radical (unpaired) electrons. The number of carbonyl (C=O) groups is 1. The summed E-state index contributed by atoms with van der Waals surface area (Å²) in [7, 11) is 3.44. The second kappa shape index (κ2) is 9.44. The average molecular weight is 433 g/mol. The molecule has 9 nitrogen and oxygen atoms in total. The van der Waals surface area contributed by atoms with E-state index in [1.54, 1.807) is 31.5 Å². The maximum Gasteiger partial charge on any atom is 0.258 e. The quantitative estimate of drug-likeness (QED) is 0.440. The van der Waals surface area contributed by atoms with Crippen LogP contribution in [0.4, 0.5) is 0 Å². The predicted molar refractivity (Wildman–Crippen MR) is 118 cm³/mol. The summed E-state index contributed by atoms with van der Waals surface area (Å²) in [6, 6.07) is 14.0. The van der Waals surface area contributed by atoms with E-state index in [1.165, 1.54) is 0 Å². The molecule has 0 aliphatic rings. The molecule has 1 amide bonds. The van der Waals surface area contributed by atoms with Crippen LogP contribution in [-0.4, -0.2) is 39.1 Å². The van der Waals surface area contributed by atoms with Gasteiger partial charge in [0.05, 0.1) is 18.0 Å². The minimum absolute atomic E-state index is 0.00474. The number of methoxy groups -OCH3 is 1. The zero-order chi connectivity index (χ0) is 22.5.